The highest BCUT2D eigenvalue weighted by molar-refractivity contribution is 5.74. The van der Waals surface area contributed by atoms with Gasteiger partial charge in [0.05, 0.1) is 5.69 Å². The first-order chi connectivity index (χ1) is 10.5. The van der Waals surface area contributed by atoms with Crippen molar-refractivity contribution in [3.63, 3.8) is 0 Å². The molecule has 2 aliphatic rings. The number of carboxylic acids is 1. The van der Waals surface area contributed by atoms with Gasteiger partial charge in [0.25, 0.3) is 0 Å². The van der Waals surface area contributed by atoms with Gasteiger partial charge in [-0.2, -0.15) is 5.10 Å². The molecular weight excluding hydrogens is 280 g/mol. The topological polar surface area (TPSA) is 61.6 Å². The van der Waals surface area contributed by atoms with E-state index in [1.54, 1.807) is 0 Å². The third-order valence-electron chi connectivity index (χ3n) is 5.16. The maximum Gasteiger partial charge on any atom is 0.321 e. The quantitative estimate of drug-likeness (QED) is 0.880. The van der Waals surface area contributed by atoms with Crippen LogP contribution in [0.3, 0.4) is 0 Å². The molecule has 122 valence electrons. The highest BCUT2D eigenvalue weighted by Crippen LogP contribution is 2.36. The first-order valence-corrected chi connectivity index (χ1v) is 8.15. The number of aryl methyl sites for hydroxylation is 2. The highest BCUT2D eigenvalue weighted by Gasteiger charge is 2.41. The molecule has 1 aliphatic heterocycles. The van der Waals surface area contributed by atoms with Gasteiger partial charge in [-0.05, 0) is 32.6 Å². The van der Waals surface area contributed by atoms with Gasteiger partial charge in [-0.1, -0.05) is 0 Å². The number of nitrogens with zero attached hydrogens (tertiary/aromatic N) is 4. The molecule has 0 bridgehead atoms. The van der Waals surface area contributed by atoms with Crippen LogP contribution < -0.4 is 0 Å². The summed E-state index contributed by atoms with van der Waals surface area (Å²) in [6.45, 7) is 8.66. The second-order valence-corrected chi connectivity index (χ2v) is 6.71. The standard InChI is InChI=1S/C16H26N4O2/c1-11-14(12(2)18(3)17-11)10-19-6-8-20(9-7-19)15(16(21)22)13-4-5-13/h13,15H,4-10H2,1-3H3,(H,21,22). The summed E-state index contributed by atoms with van der Waals surface area (Å²) in [5, 5.41) is 13.9. The summed E-state index contributed by atoms with van der Waals surface area (Å²) in [4.78, 5) is 16.1. The van der Waals surface area contributed by atoms with Crippen LogP contribution in [0.2, 0.25) is 0 Å². The molecule has 6 nitrogen and oxygen atoms in total. The number of aromatic nitrogens is 2. The summed E-state index contributed by atoms with van der Waals surface area (Å²) in [6.07, 6.45) is 2.15. The Kier molecular flexibility index (Phi) is 4.23. The van der Waals surface area contributed by atoms with E-state index in [1.165, 1.54) is 11.3 Å². The van der Waals surface area contributed by atoms with Gasteiger partial charge in [0.2, 0.25) is 0 Å². The van der Waals surface area contributed by atoms with Gasteiger partial charge >= 0.3 is 5.97 Å². The zero-order valence-electron chi connectivity index (χ0n) is 13.7. The fourth-order valence-corrected chi connectivity index (χ4v) is 3.54. The fourth-order valence-electron chi connectivity index (χ4n) is 3.54. The predicted molar refractivity (Wildman–Crippen MR) is 83.7 cm³/mol. The summed E-state index contributed by atoms with van der Waals surface area (Å²) < 4.78 is 1.94. The summed E-state index contributed by atoms with van der Waals surface area (Å²) in [6, 6.07) is -0.260. The maximum atomic E-state index is 11.5. The van der Waals surface area contributed by atoms with Gasteiger partial charge in [0.1, 0.15) is 6.04 Å². The molecule has 22 heavy (non-hydrogen) atoms. The van der Waals surface area contributed by atoms with Crippen LogP contribution >= 0.6 is 0 Å². The fraction of sp³-hybridized carbons (Fsp3) is 0.750. The van der Waals surface area contributed by atoms with E-state index >= 15 is 0 Å². The molecule has 2 fully saturated rings. The van der Waals surface area contributed by atoms with Crippen molar-refractivity contribution < 1.29 is 9.90 Å². The summed E-state index contributed by atoms with van der Waals surface area (Å²) in [5.41, 5.74) is 3.64. The Hall–Kier alpha value is -1.40. The van der Waals surface area contributed by atoms with E-state index in [-0.39, 0.29) is 6.04 Å². The smallest absolute Gasteiger partial charge is 0.321 e. The maximum absolute atomic E-state index is 11.5. The van der Waals surface area contributed by atoms with Crippen molar-refractivity contribution in [3.8, 4) is 0 Å². The number of aliphatic carboxylic acids is 1. The summed E-state index contributed by atoms with van der Waals surface area (Å²) >= 11 is 0. The molecule has 6 heteroatoms. The van der Waals surface area contributed by atoms with Crippen LogP contribution in [0, 0.1) is 19.8 Å². The van der Waals surface area contributed by atoms with Crippen molar-refractivity contribution in [3.05, 3.63) is 17.0 Å². The van der Waals surface area contributed by atoms with Gasteiger partial charge in [0, 0.05) is 51.0 Å². The molecule has 1 unspecified atom stereocenters. The van der Waals surface area contributed by atoms with Crippen molar-refractivity contribution in [2.75, 3.05) is 26.2 Å². The second kappa shape index (κ2) is 6.01. The minimum absolute atomic E-state index is 0.260. The summed E-state index contributed by atoms with van der Waals surface area (Å²) in [7, 11) is 1.98. The highest BCUT2D eigenvalue weighted by atomic mass is 16.4. The lowest BCUT2D eigenvalue weighted by Crippen LogP contribution is -2.53. The van der Waals surface area contributed by atoms with E-state index in [2.05, 4.69) is 28.7 Å². The lowest BCUT2D eigenvalue weighted by molar-refractivity contribution is -0.145. The monoisotopic (exact) mass is 306 g/mol. The summed E-state index contributed by atoms with van der Waals surface area (Å²) in [5.74, 6) is -0.262. The Bertz CT molecular complexity index is 557. The van der Waals surface area contributed by atoms with Crippen LogP contribution in [0.25, 0.3) is 0 Å². The molecule has 2 heterocycles. The van der Waals surface area contributed by atoms with Crippen molar-refractivity contribution in [2.24, 2.45) is 13.0 Å². The first kappa shape index (κ1) is 15.5. The van der Waals surface area contributed by atoms with Gasteiger partial charge in [-0.3, -0.25) is 19.3 Å². The number of carboxylic acid groups (broad SMARTS) is 1. The molecule has 1 atom stereocenters. The number of piperazine rings is 1. The average Bonchev–Trinajstić information content (AvgIpc) is 3.26. The molecule has 1 saturated carbocycles. The van der Waals surface area contributed by atoms with E-state index in [1.807, 2.05) is 11.7 Å². The van der Waals surface area contributed by atoms with Crippen LogP contribution in [0.1, 0.15) is 29.8 Å². The molecule has 0 radical (unpaired) electrons. The number of hydrogen-bond donors (Lipinski definition) is 1. The molecule has 3 rings (SSSR count). The van der Waals surface area contributed by atoms with Gasteiger partial charge in [-0.25, -0.2) is 0 Å². The molecule has 1 aromatic heterocycles. The van der Waals surface area contributed by atoms with Crippen molar-refractivity contribution in [1.29, 1.82) is 0 Å². The lowest BCUT2D eigenvalue weighted by Gasteiger charge is -2.37. The zero-order valence-corrected chi connectivity index (χ0v) is 13.7. The molecule has 0 spiro atoms. The van der Waals surface area contributed by atoms with Crippen LogP contribution in [0.15, 0.2) is 0 Å². The molecule has 1 saturated heterocycles. The van der Waals surface area contributed by atoms with E-state index in [4.69, 9.17) is 0 Å². The van der Waals surface area contributed by atoms with E-state index < -0.39 is 5.97 Å². The number of rotatable bonds is 5. The SMILES string of the molecule is Cc1nn(C)c(C)c1CN1CCN(C(C(=O)O)C2CC2)CC1. The van der Waals surface area contributed by atoms with Crippen LogP contribution in [0.4, 0.5) is 0 Å². The lowest BCUT2D eigenvalue weighted by atomic mass is 10.1. The average molecular weight is 306 g/mol. The molecular formula is C16H26N4O2. The largest absolute Gasteiger partial charge is 0.480 e. The molecule has 0 amide bonds. The van der Waals surface area contributed by atoms with Gasteiger partial charge in [-0.15, -0.1) is 0 Å². The van der Waals surface area contributed by atoms with Gasteiger partial charge in [0.15, 0.2) is 0 Å². The third kappa shape index (κ3) is 3.03. The van der Waals surface area contributed by atoms with Crippen molar-refractivity contribution in [2.45, 2.75) is 39.3 Å². The number of carbonyl (C=O) groups is 1. The van der Waals surface area contributed by atoms with Crippen LogP contribution in [-0.4, -0.2) is 62.9 Å². The minimum atomic E-state index is -0.644. The Morgan fingerprint density at radius 3 is 2.36 bits per heavy atom. The van der Waals surface area contributed by atoms with E-state index in [9.17, 15) is 9.90 Å². The van der Waals surface area contributed by atoms with Crippen LogP contribution in [0.5, 0.6) is 0 Å². The Labute approximate surface area is 131 Å². The Balaban J connectivity index is 1.58. The Morgan fingerprint density at radius 1 is 1.27 bits per heavy atom. The molecule has 1 aromatic rings. The molecule has 1 aliphatic carbocycles. The van der Waals surface area contributed by atoms with Crippen molar-refractivity contribution >= 4 is 5.97 Å². The van der Waals surface area contributed by atoms with Crippen molar-refractivity contribution in [1.82, 2.24) is 19.6 Å². The van der Waals surface area contributed by atoms with Crippen LogP contribution in [-0.2, 0) is 18.4 Å². The third-order valence-corrected chi connectivity index (χ3v) is 5.16. The first-order valence-electron chi connectivity index (χ1n) is 8.15. The van der Waals surface area contributed by atoms with E-state index in [0.29, 0.717) is 5.92 Å². The minimum Gasteiger partial charge on any atom is -0.480 e. The molecule has 0 aromatic carbocycles. The predicted octanol–water partition coefficient (Wildman–Crippen LogP) is 1.02. The second-order valence-electron chi connectivity index (χ2n) is 6.71. The normalized spacial score (nSPS) is 22.0. The Morgan fingerprint density at radius 2 is 1.91 bits per heavy atom. The number of hydrogen-bond acceptors (Lipinski definition) is 4. The zero-order chi connectivity index (χ0) is 15.9. The van der Waals surface area contributed by atoms with Gasteiger partial charge < -0.3 is 5.11 Å². The van der Waals surface area contributed by atoms with E-state index in [0.717, 1.165) is 51.3 Å². The molecule has 1 N–H and O–H groups in total.